The van der Waals surface area contributed by atoms with E-state index in [9.17, 15) is 9.59 Å². The second kappa shape index (κ2) is 8.88. The predicted octanol–water partition coefficient (Wildman–Crippen LogP) is 5.17. The van der Waals surface area contributed by atoms with Gasteiger partial charge in [0.2, 0.25) is 0 Å². The van der Waals surface area contributed by atoms with Crippen molar-refractivity contribution in [2.75, 3.05) is 7.11 Å². The average Bonchev–Trinajstić information content (AvgIpc) is 2.81. The molecule has 0 fully saturated rings. The fourth-order valence-electron chi connectivity index (χ4n) is 3.49. The minimum Gasteiger partial charge on any atom is -0.496 e. The summed E-state index contributed by atoms with van der Waals surface area (Å²) in [6, 6.07) is 21.8. The molecule has 0 aliphatic carbocycles. The quantitative estimate of drug-likeness (QED) is 0.322. The van der Waals surface area contributed by atoms with Crippen molar-refractivity contribution in [3.8, 4) is 11.5 Å². The number of hydrogen-bond donors (Lipinski definition) is 0. The molecule has 0 saturated carbocycles. The highest BCUT2D eigenvalue weighted by molar-refractivity contribution is 5.97. The maximum absolute atomic E-state index is 13.0. The fraction of sp³-hybridized carbons (Fsp3) is 0.154. The standard InChI is InChI=1S/C26H22O5/c1-3-17-12-14-19(15-13-17)25(27)31-24-20(16-18-8-5-4-6-9-18)26(28)30-22-11-7-10-21(29-2)23(22)24/h4-15H,3,16H2,1-2H3. The SMILES string of the molecule is CCc1ccc(C(=O)Oc2c(Cc3ccccc3)c(=O)oc3cccc(OC)c23)cc1. The van der Waals surface area contributed by atoms with Crippen LogP contribution in [0.3, 0.4) is 0 Å². The topological polar surface area (TPSA) is 65.7 Å². The highest BCUT2D eigenvalue weighted by Crippen LogP contribution is 2.36. The van der Waals surface area contributed by atoms with Crippen molar-refractivity contribution in [3.63, 3.8) is 0 Å². The van der Waals surface area contributed by atoms with E-state index in [1.165, 1.54) is 7.11 Å². The number of carbonyl (C=O) groups excluding carboxylic acids is 1. The van der Waals surface area contributed by atoms with Crippen LogP contribution in [0.15, 0.2) is 82.0 Å². The summed E-state index contributed by atoms with van der Waals surface area (Å²) < 4.78 is 16.9. The van der Waals surface area contributed by atoms with Gasteiger partial charge in [0.05, 0.1) is 18.2 Å². The first-order chi connectivity index (χ1) is 15.1. The minimum absolute atomic E-state index is 0.164. The van der Waals surface area contributed by atoms with E-state index >= 15 is 0 Å². The van der Waals surface area contributed by atoms with Crippen LogP contribution in [-0.4, -0.2) is 13.1 Å². The molecule has 1 aromatic heterocycles. The van der Waals surface area contributed by atoms with Crippen LogP contribution < -0.4 is 15.1 Å². The van der Waals surface area contributed by atoms with Gasteiger partial charge in [-0.05, 0) is 41.8 Å². The third-order valence-corrected chi connectivity index (χ3v) is 5.17. The Kier molecular flexibility index (Phi) is 5.85. The van der Waals surface area contributed by atoms with Gasteiger partial charge < -0.3 is 13.9 Å². The largest absolute Gasteiger partial charge is 0.496 e. The highest BCUT2D eigenvalue weighted by Gasteiger charge is 2.22. The van der Waals surface area contributed by atoms with Crippen molar-refractivity contribution in [1.82, 2.24) is 0 Å². The van der Waals surface area contributed by atoms with E-state index in [0.717, 1.165) is 17.5 Å². The molecular formula is C26H22O5. The monoisotopic (exact) mass is 414 g/mol. The molecule has 0 spiro atoms. The van der Waals surface area contributed by atoms with Crippen molar-refractivity contribution < 1.29 is 18.7 Å². The Morgan fingerprint density at radius 1 is 0.903 bits per heavy atom. The number of methoxy groups -OCH3 is 1. The minimum atomic E-state index is -0.547. The summed E-state index contributed by atoms with van der Waals surface area (Å²) in [7, 11) is 1.52. The van der Waals surface area contributed by atoms with Crippen LogP contribution >= 0.6 is 0 Å². The number of aryl methyl sites for hydroxylation is 1. The fourth-order valence-corrected chi connectivity index (χ4v) is 3.49. The molecule has 4 rings (SSSR count). The van der Waals surface area contributed by atoms with Gasteiger partial charge in [0.15, 0.2) is 5.75 Å². The van der Waals surface area contributed by atoms with Crippen molar-refractivity contribution in [1.29, 1.82) is 0 Å². The van der Waals surface area contributed by atoms with Gasteiger partial charge in [0.1, 0.15) is 16.7 Å². The lowest BCUT2D eigenvalue weighted by atomic mass is 10.0. The molecule has 156 valence electrons. The summed E-state index contributed by atoms with van der Waals surface area (Å²) >= 11 is 0. The smallest absolute Gasteiger partial charge is 0.343 e. The van der Waals surface area contributed by atoms with Crippen LogP contribution in [0.2, 0.25) is 0 Å². The van der Waals surface area contributed by atoms with Crippen molar-refractivity contribution in [2.24, 2.45) is 0 Å². The van der Waals surface area contributed by atoms with Gasteiger partial charge in [0.25, 0.3) is 0 Å². The van der Waals surface area contributed by atoms with E-state index in [4.69, 9.17) is 13.9 Å². The molecule has 31 heavy (non-hydrogen) atoms. The molecule has 0 bridgehead atoms. The zero-order valence-electron chi connectivity index (χ0n) is 17.4. The molecule has 0 unspecified atom stereocenters. The van der Waals surface area contributed by atoms with E-state index in [1.807, 2.05) is 49.4 Å². The van der Waals surface area contributed by atoms with E-state index in [2.05, 4.69) is 0 Å². The van der Waals surface area contributed by atoms with Crippen LogP contribution in [0.1, 0.15) is 34.0 Å². The molecule has 0 amide bonds. The molecule has 5 nitrogen and oxygen atoms in total. The average molecular weight is 414 g/mol. The Morgan fingerprint density at radius 3 is 2.32 bits per heavy atom. The van der Waals surface area contributed by atoms with Crippen molar-refractivity contribution in [3.05, 3.63) is 105 Å². The van der Waals surface area contributed by atoms with Gasteiger partial charge in [0, 0.05) is 6.42 Å². The number of esters is 1. The summed E-state index contributed by atoms with van der Waals surface area (Å²) in [5, 5.41) is 0.453. The Morgan fingerprint density at radius 2 is 1.65 bits per heavy atom. The van der Waals surface area contributed by atoms with E-state index in [1.54, 1.807) is 30.3 Å². The highest BCUT2D eigenvalue weighted by atomic mass is 16.5. The number of ether oxygens (including phenoxy) is 2. The second-order valence-corrected chi connectivity index (χ2v) is 7.13. The normalized spacial score (nSPS) is 10.8. The molecule has 5 heteroatoms. The van der Waals surface area contributed by atoms with Gasteiger partial charge in [-0.3, -0.25) is 0 Å². The van der Waals surface area contributed by atoms with Crippen LogP contribution in [0.5, 0.6) is 11.5 Å². The summed E-state index contributed by atoms with van der Waals surface area (Å²) in [6.45, 7) is 2.05. The maximum Gasteiger partial charge on any atom is 0.343 e. The molecule has 3 aromatic carbocycles. The van der Waals surface area contributed by atoms with Crippen LogP contribution in [-0.2, 0) is 12.8 Å². The number of carbonyl (C=O) groups is 1. The molecule has 0 atom stereocenters. The lowest BCUT2D eigenvalue weighted by molar-refractivity contribution is 0.0734. The number of rotatable bonds is 6. The molecule has 0 aliphatic heterocycles. The van der Waals surface area contributed by atoms with Crippen LogP contribution in [0.25, 0.3) is 11.0 Å². The van der Waals surface area contributed by atoms with Gasteiger partial charge in [-0.15, -0.1) is 0 Å². The molecule has 1 heterocycles. The summed E-state index contributed by atoms with van der Waals surface area (Å²) in [5.41, 5.74) is 2.43. The number of benzene rings is 3. The van der Waals surface area contributed by atoms with Crippen LogP contribution in [0.4, 0.5) is 0 Å². The van der Waals surface area contributed by atoms with Gasteiger partial charge in [-0.25, -0.2) is 9.59 Å². The molecule has 0 radical (unpaired) electrons. The lowest BCUT2D eigenvalue weighted by Gasteiger charge is -2.14. The maximum atomic E-state index is 13.0. The van der Waals surface area contributed by atoms with E-state index in [0.29, 0.717) is 22.3 Å². The predicted molar refractivity (Wildman–Crippen MR) is 119 cm³/mol. The van der Waals surface area contributed by atoms with Crippen LogP contribution in [0, 0.1) is 0 Å². The van der Waals surface area contributed by atoms with Gasteiger partial charge in [-0.1, -0.05) is 55.5 Å². The van der Waals surface area contributed by atoms with Gasteiger partial charge in [-0.2, -0.15) is 0 Å². The Hall–Kier alpha value is -3.86. The first kappa shape index (κ1) is 20.4. The summed E-state index contributed by atoms with van der Waals surface area (Å²) in [5.74, 6) is 0.0755. The Labute approximate surface area is 179 Å². The van der Waals surface area contributed by atoms with E-state index in [-0.39, 0.29) is 17.7 Å². The van der Waals surface area contributed by atoms with Crippen molar-refractivity contribution in [2.45, 2.75) is 19.8 Å². The third-order valence-electron chi connectivity index (χ3n) is 5.17. The molecule has 0 aliphatic rings. The molecular weight excluding hydrogens is 392 g/mol. The zero-order valence-corrected chi connectivity index (χ0v) is 17.4. The number of hydrogen-bond acceptors (Lipinski definition) is 5. The second-order valence-electron chi connectivity index (χ2n) is 7.13. The first-order valence-electron chi connectivity index (χ1n) is 10.1. The Balaban J connectivity index is 1.86. The zero-order chi connectivity index (χ0) is 21.8. The third kappa shape index (κ3) is 4.21. The van der Waals surface area contributed by atoms with Crippen molar-refractivity contribution >= 4 is 16.9 Å². The van der Waals surface area contributed by atoms with E-state index < -0.39 is 11.6 Å². The molecule has 0 saturated heterocycles. The van der Waals surface area contributed by atoms with Gasteiger partial charge >= 0.3 is 11.6 Å². The number of fused-ring (bicyclic) bond motifs is 1. The lowest BCUT2D eigenvalue weighted by Crippen LogP contribution is -2.16. The Bertz CT molecular complexity index is 1270. The summed E-state index contributed by atoms with van der Waals surface area (Å²) in [4.78, 5) is 25.8. The molecule has 4 aromatic rings. The summed E-state index contributed by atoms with van der Waals surface area (Å²) in [6.07, 6.45) is 1.13. The molecule has 0 N–H and O–H groups in total. The first-order valence-corrected chi connectivity index (χ1v) is 10.1.